The number of rotatable bonds is 10. The molecular weight excluding hydrogens is 362 g/mol. The molecule has 8 heteroatoms. The van der Waals surface area contributed by atoms with Crippen molar-refractivity contribution in [3.05, 3.63) is 29.8 Å². The first-order chi connectivity index (χ1) is 13.1. The SMILES string of the molecule is CC(C)(C)OC(=O)N[C@@H](CCCN)C(=O)Nc1ccccc1CCCC(=O)O. The summed E-state index contributed by atoms with van der Waals surface area (Å²) in [6, 6.07) is 6.42. The minimum absolute atomic E-state index is 0.0571. The third kappa shape index (κ3) is 9.36. The molecule has 1 atom stereocenters. The fourth-order valence-corrected chi connectivity index (χ4v) is 2.55. The van der Waals surface area contributed by atoms with Crippen LogP contribution in [0, 0.1) is 0 Å². The highest BCUT2D eigenvalue weighted by atomic mass is 16.6. The highest BCUT2D eigenvalue weighted by molar-refractivity contribution is 5.97. The monoisotopic (exact) mass is 393 g/mol. The Balaban J connectivity index is 2.81. The second-order valence-corrected chi connectivity index (χ2v) is 7.52. The van der Waals surface area contributed by atoms with Crippen molar-refractivity contribution in [1.82, 2.24) is 5.32 Å². The molecular formula is C20H31N3O5. The van der Waals surface area contributed by atoms with Crippen molar-refractivity contribution in [2.24, 2.45) is 5.73 Å². The van der Waals surface area contributed by atoms with Gasteiger partial charge in [0.25, 0.3) is 0 Å². The van der Waals surface area contributed by atoms with Crippen LogP contribution in [0.3, 0.4) is 0 Å². The van der Waals surface area contributed by atoms with Gasteiger partial charge >= 0.3 is 12.1 Å². The fourth-order valence-electron chi connectivity index (χ4n) is 2.55. The van der Waals surface area contributed by atoms with Crippen molar-refractivity contribution in [2.75, 3.05) is 11.9 Å². The van der Waals surface area contributed by atoms with Crippen LogP contribution < -0.4 is 16.4 Å². The highest BCUT2D eigenvalue weighted by Crippen LogP contribution is 2.18. The Bertz CT molecular complexity index is 670. The van der Waals surface area contributed by atoms with Crippen LogP contribution in [0.25, 0.3) is 0 Å². The number of carbonyl (C=O) groups excluding carboxylic acids is 2. The van der Waals surface area contributed by atoms with Gasteiger partial charge < -0.3 is 26.2 Å². The van der Waals surface area contributed by atoms with Gasteiger partial charge in [-0.2, -0.15) is 0 Å². The minimum atomic E-state index is -0.857. The predicted molar refractivity (Wildman–Crippen MR) is 107 cm³/mol. The average Bonchev–Trinajstić information content (AvgIpc) is 2.58. The molecule has 156 valence electrons. The molecule has 0 spiro atoms. The molecule has 5 N–H and O–H groups in total. The molecule has 2 amide bonds. The number of para-hydroxylation sites is 1. The first-order valence-corrected chi connectivity index (χ1v) is 9.42. The van der Waals surface area contributed by atoms with Crippen molar-refractivity contribution >= 4 is 23.7 Å². The number of carboxylic acid groups (broad SMARTS) is 1. The Labute approximate surface area is 165 Å². The van der Waals surface area contributed by atoms with E-state index in [1.165, 1.54) is 0 Å². The number of benzene rings is 1. The van der Waals surface area contributed by atoms with E-state index < -0.39 is 23.7 Å². The van der Waals surface area contributed by atoms with Crippen LogP contribution in [0.15, 0.2) is 24.3 Å². The summed E-state index contributed by atoms with van der Waals surface area (Å²) >= 11 is 0. The van der Waals surface area contributed by atoms with Gasteiger partial charge in [-0.3, -0.25) is 9.59 Å². The van der Waals surface area contributed by atoms with E-state index in [0.29, 0.717) is 37.9 Å². The molecule has 0 aromatic heterocycles. The molecule has 0 fully saturated rings. The summed E-state index contributed by atoms with van der Waals surface area (Å²) in [5, 5.41) is 14.2. The van der Waals surface area contributed by atoms with Crippen LogP contribution in [-0.4, -0.2) is 41.3 Å². The van der Waals surface area contributed by atoms with Crippen LogP contribution in [0.4, 0.5) is 10.5 Å². The fraction of sp³-hybridized carbons (Fsp3) is 0.550. The van der Waals surface area contributed by atoms with Gasteiger partial charge in [0.2, 0.25) is 5.91 Å². The number of carboxylic acids is 1. The normalized spacial score (nSPS) is 12.1. The van der Waals surface area contributed by atoms with Gasteiger partial charge in [0.1, 0.15) is 11.6 Å². The summed E-state index contributed by atoms with van der Waals surface area (Å²) in [5.41, 5.74) is 6.31. The molecule has 1 aromatic rings. The molecule has 1 aromatic carbocycles. The first kappa shape index (κ1) is 23.4. The molecule has 0 saturated heterocycles. The van der Waals surface area contributed by atoms with Crippen LogP contribution in [0.1, 0.15) is 52.0 Å². The minimum Gasteiger partial charge on any atom is -0.481 e. The van der Waals surface area contributed by atoms with Crippen molar-refractivity contribution in [3.8, 4) is 0 Å². The second-order valence-electron chi connectivity index (χ2n) is 7.52. The third-order valence-corrected chi connectivity index (χ3v) is 3.82. The van der Waals surface area contributed by atoms with Crippen molar-refractivity contribution in [3.63, 3.8) is 0 Å². The van der Waals surface area contributed by atoms with Gasteiger partial charge in [-0.05, 0) is 64.6 Å². The maximum absolute atomic E-state index is 12.7. The molecule has 0 aliphatic rings. The number of alkyl carbamates (subject to hydrolysis) is 1. The average molecular weight is 393 g/mol. The Hall–Kier alpha value is -2.61. The van der Waals surface area contributed by atoms with Gasteiger partial charge in [0.15, 0.2) is 0 Å². The van der Waals surface area contributed by atoms with Gasteiger partial charge in [0, 0.05) is 12.1 Å². The Morgan fingerprint density at radius 2 is 1.86 bits per heavy atom. The Morgan fingerprint density at radius 3 is 2.46 bits per heavy atom. The molecule has 0 unspecified atom stereocenters. The van der Waals surface area contributed by atoms with Gasteiger partial charge in [-0.25, -0.2) is 4.79 Å². The zero-order valence-corrected chi connectivity index (χ0v) is 16.8. The molecule has 0 saturated carbocycles. The van der Waals surface area contributed by atoms with E-state index in [9.17, 15) is 14.4 Å². The number of carbonyl (C=O) groups is 3. The van der Waals surface area contributed by atoms with Gasteiger partial charge in [0.05, 0.1) is 0 Å². The Morgan fingerprint density at radius 1 is 1.18 bits per heavy atom. The van der Waals surface area contributed by atoms with E-state index in [1.54, 1.807) is 32.9 Å². The number of aryl methyl sites for hydroxylation is 1. The van der Waals surface area contributed by atoms with Crippen molar-refractivity contribution < 1.29 is 24.2 Å². The van der Waals surface area contributed by atoms with E-state index in [-0.39, 0.29) is 12.3 Å². The summed E-state index contributed by atoms with van der Waals surface area (Å²) in [4.78, 5) is 35.5. The predicted octanol–water partition coefficient (Wildman–Crippen LogP) is 2.66. The van der Waals surface area contributed by atoms with Crippen LogP contribution in [-0.2, 0) is 20.7 Å². The lowest BCUT2D eigenvalue weighted by Gasteiger charge is -2.23. The maximum atomic E-state index is 12.7. The zero-order chi connectivity index (χ0) is 21.2. The van der Waals surface area contributed by atoms with E-state index in [0.717, 1.165) is 5.56 Å². The maximum Gasteiger partial charge on any atom is 0.408 e. The molecule has 0 aliphatic heterocycles. The molecule has 0 heterocycles. The zero-order valence-electron chi connectivity index (χ0n) is 16.8. The van der Waals surface area contributed by atoms with Crippen LogP contribution in [0.2, 0.25) is 0 Å². The number of ether oxygens (including phenoxy) is 1. The number of hydrogen-bond donors (Lipinski definition) is 4. The van der Waals surface area contributed by atoms with Gasteiger partial charge in [-0.15, -0.1) is 0 Å². The number of aliphatic carboxylic acids is 1. The van der Waals surface area contributed by atoms with Crippen molar-refractivity contribution in [2.45, 2.75) is 64.5 Å². The summed E-state index contributed by atoms with van der Waals surface area (Å²) in [6.45, 7) is 5.63. The topological polar surface area (TPSA) is 131 Å². The lowest BCUT2D eigenvalue weighted by Crippen LogP contribution is -2.46. The third-order valence-electron chi connectivity index (χ3n) is 3.82. The number of nitrogens with two attached hydrogens (primary N) is 1. The van der Waals surface area contributed by atoms with Gasteiger partial charge in [-0.1, -0.05) is 18.2 Å². The highest BCUT2D eigenvalue weighted by Gasteiger charge is 2.24. The van der Waals surface area contributed by atoms with E-state index in [4.69, 9.17) is 15.6 Å². The Kier molecular flexibility index (Phi) is 9.44. The van der Waals surface area contributed by atoms with E-state index in [2.05, 4.69) is 10.6 Å². The smallest absolute Gasteiger partial charge is 0.408 e. The molecule has 28 heavy (non-hydrogen) atoms. The summed E-state index contributed by atoms with van der Waals surface area (Å²) in [7, 11) is 0. The number of hydrogen-bond acceptors (Lipinski definition) is 5. The van der Waals surface area contributed by atoms with Crippen molar-refractivity contribution in [1.29, 1.82) is 0 Å². The number of amides is 2. The van der Waals surface area contributed by atoms with Crippen LogP contribution >= 0.6 is 0 Å². The molecule has 8 nitrogen and oxygen atoms in total. The quantitative estimate of drug-likeness (QED) is 0.483. The summed E-state index contributed by atoms with van der Waals surface area (Å²) in [5.74, 6) is -1.23. The summed E-state index contributed by atoms with van der Waals surface area (Å²) in [6.07, 6.45) is 1.32. The molecule has 1 rings (SSSR count). The number of nitrogens with one attached hydrogen (secondary N) is 2. The number of anilines is 1. The largest absolute Gasteiger partial charge is 0.481 e. The molecule has 0 bridgehead atoms. The lowest BCUT2D eigenvalue weighted by atomic mass is 10.1. The van der Waals surface area contributed by atoms with Crippen LogP contribution in [0.5, 0.6) is 0 Å². The van der Waals surface area contributed by atoms with E-state index in [1.807, 2.05) is 12.1 Å². The first-order valence-electron chi connectivity index (χ1n) is 9.42. The summed E-state index contributed by atoms with van der Waals surface area (Å²) < 4.78 is 5.23. The molecule has 0 aliphatic carbocycles. The standard InChI is InChI=1S/C20H31N3O5/c1-20(2,3)28-19(27)23-16(11-7-13-21)18(26)22-15-10-5-4-8-14(15)9-6-12-17(24)25/h4-5,8,10,16H,6-7,9,11-13,21H2,1-3H3,(H,22,26)(H,23,27)(H,24,25)/t16-/m0/s1. The second kappa shape index (κ2) is 11.3. The molecule has 0 radical (unpaired) electrons. The van der Waals surface area contributed by atoms with E-state index >= 15 is 0 Å². The lowest BCUT2D eigenvalue weighted by molar-refractivity contribution is -0.137.